The SMILES string of the molecule is CN(C[C@H]1CCCN1C(=O)OC(C)(C)C)C(=O)CN. The van der Waals surface area contributed by atoms with Crippen molar-refractivity contribution in [2.45, 2.75) is 45.3 Å². The lowest BCUT2D eigenvalue weighted by atomic mass is 10.2. The van der Waals surface area contributed by atoms with Crippen molar-refractivity contribution in [2.75, 3.05) is 26.7 Å². The summed E-state index contributed by atoms with van der Waals surface area (Å²) in [6.45, 7) is 6.73. The number of likely N-dealkylation sites (N-methyl/N-ethyl adjacent to an activating group) is 1. The van der Waals surface area contributed by atoms with Crippen LogP contribution in [0.25, 0.3) is 0 Å². The molecule has 1 aliphatic rings. The maximum absolute atomic E-state index is 12.1. The van der Waals surface area contributed by atoms with E-state index in [2.05, 4.69) is 0 Å². The number of carbonyl (C=O) groups excluding carboxylic acids is 2. The van der Waals surface area contributed by atoms with Crippen LogP contribution in [0.1, 0.15) is 33.6 Å². The summed E-state index contributed by atoms with van der Waals surface area (Å²) in [4.78, 5) is 26.8. The van der Waals surface area contributed by atoms with E-state index in [1.807, 2.05) is 20.8 Å². The van der Waals surface area contributed by atoms with Gasteiger partial charge in [-0.05, 0) is 33.6 Å². The Kier molecular flexibility index (Phi) is 5.17. The summed E-state index contributed by atoms with van der Waals surface area (Å²) in [6, 6.07) is 0.0235. The molecule has 6 nitrogen and oxygen atoms in total. The van der Waals surface area contributed by atoms with E-state index in [0.717, 1.165) is 12.8 Å². The van der Waals surface area contributed by atoms with Crippen LogP contribution in [-0.4, -0.2) is 60.1 Å². The highest BCUT2D eigenvalue weighted by atomic mass is 16.6. The van der Waals surface area contributed by atoms with Gasteiger partial charge in [-0.25, -0.2) is 4.79 Å². The third-order valence-electron chi connectivity index (χ3n) is 3.09. The molecule has 0 aromatic carbocycles. The summed E-state index contributed by atoms with van der Waals surface area (Å²) < 4.78 is 5.38. The second kappa shape index (κ2) is 6.23. The van der Waals surface area contributed by atoms with Crippen molar-refractivity contribution < 1.29 is 14.3 Å². The molecule has 0 bridgehead atoms. The summed E-state index contributed by atoms with van der Waals surface area (Å²) in [5.74, 6) is -0.115. The molecule has 0 saturated carbocycles. The topological polar surface area (TPSA) is 75.9 Å². The van der Waals surface area contributed by atoms with Crippen LogP contribution in [0.2, 0.25) is 0 Å². The Hall–Kier alpha value is -1.30. The molecule has 0 aromatic heterocycles. The van der Waals surface area contributed by atoms with Gasteiger partial charge < -0.3 is 20.3 Å². The van der Waals surface area contributed by atoms with E-state index in [9.17, 15) is 9.59 Å². The van der Waals surface area contributed by atoms with Crippen LogP contribution in [0.3, 0.4) is 0 Å². The first-order valence-corrected chi connectivity index (χ1v) is 6.68. The van der Waals surface area contributed by atoms with Crippen molar-refractivity contribution in [3.63, 3.8) is 0 Å². The molecule has 1 rings (SSSR count). The molecule has 0 aliphatic carbocycles. The quantitative estimate of drug-likeness (QED) is 0.824. The molecule has 2 N–H and O–H groups in total. The molecule has 1 aliphatic heterocycles. The average Bonchev–Trinajstić information content (AvgIpc) is 2.73. The lowest BCUT2D eigenvalue weighted by Crippen LogP contribution is -2.46. The summed E-state index contributed by atoms with van der Waals surface area (Å²) >= 11 is 0. The molecule has 0 spiro atoms. The second-order valence-corrected chi connectivity index (χ2v) is 5.95. The molecule has 0 radical (unpaired) electrons. The summed E-state index contributed by atoms with van der Waals surface area (Å²) in [7, 11) is 1.71. The van der Waals surface area contributed by atoms with Gasteiger partial charge in [0.15, 0.2) is 0 Å². The molecular weight excluding hydrogens is 246 g/mol. The molecule has 110 valence electrons. The lowest BCUT2D eigenvalue weighted by molar-refractivity contribution is -0.129. The van der Waals surface area contributed by atoms with E-state index in [4.69, 9.17) is 10.5 Å². The van der Waals surface area contributed by atoms with E-state index in [0.29, 0.717) is 13.1 Å². The van der Waals surface area contributed by atoms with Crippen molar-refractivity contribution in [3.8, 4) is 0 Å². The van der Waals surface area contributed by atoms with Crippen molar-refractivity contribution in [2.24, 2.45) is 5.73 Å². The fraction of sp³-hybridized carbons (Fsp3) is 0.846. The summed E-state index contributed by atoms with van der Waals surface area (Å²) in [5.41, 5.74) is 4.83. The molecule has 0 unspecified atom stereocenters. The zero-order valence-corrected chi connectivity index (χ0v) is 12.3. The smallest absolute Gasteiger partial charge is 0.410 e. The minimum absolute atomic E-state index is 0.00431. The van der Waals surface area contributed by atoms with Gasteiger partial charge >= 0.3 is 6.09 Å². The molecule has 1 saturated heterocycles. The van der Waals surface area contributed by atoms with Crippen molar-refractivity contribution in [3.05, 3.63) is 0 Å². The number of nitrogens with two attached hydrogens (primary N) is 1. The molecule has 2 amide bonds. The highest BCUT2D eigenvalue weighted by Crippen LogP contribution is 2.21. The van der Waals surface area contributed by atoms with Gasteiger partial charge in [-0.2, -0.15) is 0 Å². The Balaban J connectivity index is 2.59. The van der Waals surface area contributed by atoms with Gasteiger partial charge in [0.25, 0.3) is 0 Å². The number of likely N-dealkylation sites (tertiary alicyclic amines) is 1. The largest absolute Gasteiger partial charge is 0.444 e. The lowest BCUT2D eigenvalue weighted by Gasteiger charge is -2.30. The van der Waals surface area contributed by atoms with Gasteiger partial charge in [0.05, 0.1) is 12.6 Å². The fourth-order valence-electron chi connectivity index (χ4n) is 2.16. The van der Waals surface area contributed by atoms with Crippen LogP contribution >= 0.6 is 0 Å². The molecule has 0 aromatic rings. The summed E-state index contributed by atoms with van der Waals surface area (Å²) in [5, 5.41) is 0. The Morgan fingerprint density at radius 1 is 1.42 bits per heavy atom. The van der Waals surface area contributed by atoms with E-state index in [1.54, 1.807) is 16.8 Å². The van der Waals surface area contributed by atoms with Crippen LogP contribution in [0.4, 0.5) is 4.79 Å². The van der Waals surface area contributed by atoms with Crippen molar-refractivity contribution in [1.82, 2.24) is 9.80 Å². The van der Waals surface area contributed by atoms with Gasteiger partial charge in [0.2, 0.25) is 5.91 Å². The van der Waals surface area contributed by atoms with Crippen molar-refractivity contribution in [1.29, 1.82) is 0 Å². The number of nitrogens with zero attached hydrogens (tertiary/aromatic N) is 2. The average molecular weight is 271 g/mol. The highest BCUT2D eigenvalue weighted by Gasteiger charge is 2.33. The zero-order chi connectivity index (χ0) is 14.6. The normalized spacial score (nSPS) is 19.4. The van der Waals surface area contributed by atoms with E-state index >= 15 is 0 Å². The van der Waals surface area contributed by atoms with Crippen LogP contribution < -0.4 is 5.73 Å². The molecule has 6 heteroatoms. The van der Waals surface area contributed by atoms with Crippen molar-refractivity contribution >= 4 is 12.0 Å². The number of carbonyl (C=O) groups is 2. The number of rotatable bonds is 3. The predicted octanol–water partition coefficient (Wildman–Crippen LogP) is 0.803. The molecule has 1 fully saturated rings. The fourth-order valence-corrected chi connectivity index (χ4v) is 2.16. The Labute approximate surface area is 114 Å². The van der Waals surface area contributed by atoms with Crippen LogP contribution in [0.5, 0.6) is 0 Å². The Bertz CT molecular complexity index is 339. The zero-order valence-electron chi connectivity index (χ0n) is 12.3. The predicted molar refractivity (Wildman–Crippen MR) is 72.7 cm³/mol. The monoisotopic (exact) mass is 271 g/mol. The van der Waals surface area contributed by atoms with E-state index in [1.165, 1.54) is 0 Å². The number of amides is 2. The molecular formula is C13H25N3O3. The minimum Gasteiger partial charge on any atom is -0.444 e. The molecule has 1 atom stereocenters. The Morgan fingerprint density at radius 2 is 2.05 bits per heavy atom. The maximum Gasteiger partial charge on any atom is 0.410 e. The van der Waals surface area contributed by atoms with Crippen LogP contribution in [0, 0.1) is 0 Å². The van der Waals surface area contributed by atoms with Gasteiger partial charge in [0.1, 0.15) is 5.60 Å². The maximum atomic E-state index is 12.1. The van der Waals surface area contributed by atoms with E-state index in [-0.39, 0.29) is 24.6 Å². The highest BCUT2D eigenvalue weighted by molar-refractivity contribution is 5.77. The van der Waals surface area contributed by atoms with Crippen LogP contribution in [0.15, 0.2) is 0 Å². The minimum atomic E-state index is -0.497. The van der Waals surface area contributed by atoms with Gasteiger partial charge in [-0.15, -0.1) is 0 Å². The van der Waals surface area contributed by atoms with Gasteiger partial charge in [-0.3, -0.25) is 4.79 Å². The third kappa shape index (κ3) is 4.70. The standard InChI is InChI=1S/C13H25N3O3/c1-13(2,3)19-12(18)16-7-5-6-10(16)9-15(4)11(17)8-14/h10H,5-9,14H2,1-4H3/t10-/m1/s1. The molecule has 1 heterocycles. The first-order valence-electron chi connectivity index (χ1n) is 6.68. The Morgan fingerprint density at radius 3 is 2.58 bits per heavy atom. The number of ether oxygens (including phenoxy) is 1. The molecule has 19 heavy (non-hydrogen) atoms. The second-order valence-electron chi connectivity index (χ2n) is 5.95. The van der Waals surface area contributed by atoms with Gasteiger partial charge in [0, 0.05) is 20.1 Å². The van der Waals surface area contributed by atoms with Crippen LogP contribution in [-0.2, 0) is 9.53 Å². The number of hydrogen-bond acceptors (Lipinski definition) is 4. The summed E-state index contributed by atoms with van der Waals surface area (Å²) in [6.07, 6.45) is 1.53. The third-order valence-corrected chi connectivity index (χ3v) is 3.09. The first-order chi connectivity index (χ1) is 8.74. The van der Waals surface area contributed by atoms with E-state index < -0.39 is 5.60 Å². The number of hydrogen-bond donors (Lipinski definition) is 1. The first kappa shape index (κ1) is 15.8. The van der Waals surface area contributed by atoms with Gasteiger partial charge in [-0.1, -0.05) is 0 Å².